The standard InChI is InChI=1S/C15H13N3OS/c1-18-9-13(8-16-18)15(19)17-14-4-2-3-11(7-14)12-5-6-20-10-12/h2-10H,1H3,(H,17,19). The molecule has 0 spiro atoms. The first-order valence-corrected chi connectivity index (χ1v) is 7.09. The summed E-state index contributed by atoms with van der Waals surface area (Å²) in [6, 6.07) is 9.88. The third-order valence-electron chi connectivity index (χ3n) is 2.94. The Kier molecular flexibility index (Phi) is 3.35. The van der Waals surface area contributed by atoms with E-state index in [9.17, 15) is 4.79 Å². The molecule has 2 heterocycles. The van der Waals surface area contributed by atoms with Crippen LogP contribution in [0.25, 0.3) is 11.1 Å². The summed E-state index contributed by atoms with van der Waals surface area (Å²) >= 11 is 1.66. The van der Waals surface area contributed by atoms with Gasteiger partial charge in [0.2, 0.25) is 0 Å². The summed E-state index contributed by atoms with van der Waals surface area (Å²) in [5, 5.41) is 11.0. The number of anilines is 1. The molecule has 0 saturated heterocycles. The number of nitrogens with one attached hydrogen (secondary N) is 1. The van der Waals surface area contributed by atoms with Crippen LogP contribution in [0.15, 0.2) is 53.5 Å². The van der Waals surface area contributed by atoms with Crippen molar-refractivity contribution >= 4 is 22.9 Å². The minimum atomic E-state index is -0.152. The second kappa shape index (κ2) is 5.30. The number of nitrogens with zero attached hydrogens (tertiary/aromatic N) is 2. The summed E-state index contributed by atoms with van der Waals surface area (Å²) in [7, 11) is 1.79. The van der Waals surface area contributed by atoms with Crippen LogP contribution in [0.3, 0.4) is 0 Å². The molecule has 0 aliphatic carbocycles. The molecule has 2 aromatic heterocycles. The number of amides is 1. The van der Waals surface area contributed by atoms with Gasteiger partial charge in [0, 0.05) is 18.9 Å². The largest absolute Gasteiger partial charge is 0.322 e. The molecule has 0 unspecified atom stereocenters. The summed E-state index contributed by atoms with van der Waals surface area (Å²) in [4.78, 5) is 12.1. The number of carbonyl (C=O) groups excluding carboxylic acids is 1. The van der Waals surface area contributed by atoms with Crippen molar-refractivity contribution in [2.45, 2.75) is 0 Å². The SMILES string of the molecule is Cn1cc(C(=O)Nc2cccc(-c3ccsc3)c2)cn1. The molecule has 100 valence electrons. The third kappa shape index (κ3) is 2.62. The molecule has 0 saturated carbocycles. The maximum Gasteiger partial charge on any atom is 0.258 e. The van der Waals surface area contributed by atoms with Gasteiger partial charge in [-0.15, -0.1) is 0 Å². The number of thiophene rings is 1. The van der Waals surface area contributed by atoms with Crippen LogP contribution < -0.4 is 5.32 Å². The van der Waals surface area contributed by atoms with Crippen molar-refractivity contribution in [1.29, 1.82) is 0 Å². The maximum atomic E-state index is 12.1. The molecule has 0 radical (unpaired) electrons. The molecule has 0 aliphatic heterocycles. The lowest BCUT2D eigenvalue weighted by Gasteiger charge is -2.05. The van der Waals surface area contributed by atoms with E-state index >= 15 is 0 Å². The second-order valence-electron chi connectivity index (χ2n) is 4.45. The Morgan fingerprint density at radius 3 is 2.90 bits per heavy atom. The Balaban J connectivity index is 1.81. The lowest BCUT2D eigenvalue weighted by molar-refractivity contribution is 0.102. The monoisotopic (exact) mass is 283 g/mol. The lowest BCUT2D eigenvalue weighted by Crippen LogP contribution is -2.11. The quantitative estimate of drug-likeness (QED) is 0.800. The van der Waals surface area contributed by atoms with Gasteiger partial charge in [0.1, 0.15) is 0 Å². The molecule has 0 atom stereocenters. The predicted molar refractivity (Wildman–Crippen MR) is 80.9 cm³/mol. The van der Waals surface area contributed by atoms with Gasteiger partial charge in [-0.3, -0.25) is 9.48 Å². The fourth-order valence-electron chi connectivity index (χ4n) is 1.95. The topological polar surface area (TPSA) is 46.9 Å². The summed E-state index contributed by atoms with van der Waals surface area (Å²) < 4.78 is 1.61. The fraction of sp³-hybridized carbons (Fsp3) is 0.0667. The van der Waals surface area contributed by atoms with Gasteiger partial charge in [0.05, 0.1) is 11.8 Å². The van der Waals surface area contributed by atoms with Crippen molar-refractivity contribution in [1.82, 2.24) is 9.78 Å². The second-order valence-corrected chi connectivity index (χ2v) is 5.23. The smallest absolute Gasteiger partial charge is 0.258 e. The molecule has 0 bridgehead atoms. The fourth-order valence-corrected chi connectivity index (χ4v) is 2.61. The molecule has 0 aliphatic rings. The van der Waals surface area contributed by atoms with Crippen LogP contribution in [0.4, 0.5) is 5.69 Å². The van der Waals surface area contributed by atoms with Gasteiger partial charge in [0.25, 0.3) is 5.91 Å². The molecule has 5 heteroatoms. The van der Waals surface area contributed by atoms with Crippen LogP contribution in [0.1, 0.15) is 10.4 Å². The van der Waals surface area contributed by atoms with Crippen LogP contribution in [0, 0.1) is 0 Å². The highest BCUT2D eigenvalue weighted by Crippen LogP contribution is 2.24. The van der Waals surface area contributed by atoms with Gasteiger partial charge < -0.3 is 5.32 Å². The average Bonchev–Trinajstić information content (AvgIpc) is 3.10. The van der Waals surface area contributed by atoms with E-state index in [0.29, 0.717) is 5.56 Å². The van der Waals surface area contributed by atoms with Crippen molar-refractivity contribution in [2.75, 3.05) is 5.32 Å². The van der Waals surface area contributed by atoms with E-state index in [1.165, 1.54) is 0 Å². The van der Waals surface area contributed by atoms with E-state index in [2.05, 4.69) is 21.9 Å². The summed E-state index contributed by atoms with van der Waals surface area (Å²) in [6.07, 6.45) is 3.25. The molecular weight excluding hydrogens is 270 g/mol. The zero-order valence-corrected chi connectivity index (χ0v) is 11.7. The molecular formula is C15H13N3OS. The summed E-state index contributed by atoms with van der Waals surface area (Å²) in [5.41, 5.74) is 3.58. The van der Waals surface area contributed by atoms with E-state index in [0.717, 1.165) is 16.8 Å². The minimum Gasteiger partial charge on any atom is -0.322 e. The highest BCUT2D eigenvalue weighted by Gasteiger charge is 2.08. The number of aryl methyl sites for hydroxylation is 1. The van der Waals surface area contributed by atoms with Gasteiger partial charge >= 0.3 is 0 Å². The normalized spacial score (nSPS) is 10.4. The zero-order valence-electron chi connectivity index (χ0n) is 10.9. The molecule has 4 nitrogen and oxygen atoms in total. The number of carbonyl (C=O) groups is 1. The van der Waals surface area contributed by atoms with E-state index in [1.807, 2.05) is 29.6 Å². The van der Waals surface area contributed by atoms with Crippen LogP contribution >= 0.6 is 11.3 Å². The lowest BCUT2D eigenvalue weighted by atomic mass is 10.1. The van der Waals surface area contributed by atoms with E-state index in [4.69, 9.17) is 0 Å². The first kappa shape index (κ1) is 12.6. The Hall–Kier alpha value is -2.40. The molecule has 1 amide bonds. The number of aromatic nitrogens is 2. The van der Waals surface area contributed by atoms with Gasteiger partial charge in [-0.2, -0.15) is 16.4 Å². The van der Waals surface area contributed by atoms with Crippen LogP contribution in [0.2, 0.25) is 0 Å². The van der Waals surface area contributed by atoms with Crippen LogP contribution in [-0.2, 0) is 7.05 Å². The Morgan fingerprint density at radius 2 is 2.20 bits per heavy atom. The Morgan fingerprint density at radius 1 is 1.30 bits per heavy atom. The Bertz CT molecular complexity index is 731. The number of benzene rings is 1. The van der Waals surface area contributed by atoms with Gasteiger partial charge in [-0.1, -0.05) is 12.1 Å². The number of rotatable bonds is 3. The van der Waals surface area contributed by atoms with Crippen LogP contribution in [0.5, 0.6) is 0 Å². The van der Waals surface area contributed by atoms with Crippen molar-refractivity contribution in [3.8, 4) is 11.1 Å². The molecule has 1 N–H and O–H groups in total. The Labute approximate surface area is 120 Å². The van der Waals surface area contributed by atoms with Crippen molar-refractivity contribution < 1.29 is 4.79 Å². The summed E-state index contributed by atoms with van der Waals surface area (Å²) in [5.74, 6) is -0.152. The van der Waals surface area contributed by atoms with Crippen molar-refractivity contribution in [3.63, 3.8) is 0 Å². The molecule has 1 aromatic carbocycles. The highest BCUT2D eigenvalue weighted by atomic mass is 32.1. The van der Waals surface area contributed by atoms with Gasteiger partial charge in [-0.25, -0.2) is 0 Å². The van der Waals surface area contributed by atoms with E-state index in [-0.39, 0.29) is 5.91 Å². The highest BCUT2D eigenvalue weighted by molar-refractivity contribution is 7.08. The molecule has 0 fully saturated rings. The van der Waals surface area contributed by atoms with E-state index < -0.39 is 0 Å². The number of hydrogen-bond acceptors (Lipinski definition) is 3. The number of hydrogen-bond donors (Lipinski definition) is 1. The van der Waals surface area contributed by atoms with Crippen LogP contribution in [-0.4, -0.2) is 15.7 Å². The van der Waals surface area contributed by atoms with Gasteiger partial charge in [-0.05, 0) is 40.1 Å². The predicted octanol–water partition coefficient (Wildman–Crippen LogP) is 3.40. The molecule has 3 rings (SSSR count). The van der Waals surface area contributed by atoms with E-state index in [1.54, 1.807) is 35.5 Å². The minimum absolute atomic E-state index is 0.152. The molecule has 3 aromatic rings. The molecule has 20 heavy (non-hydrogen) atoms. The van der Waals surface area contributed by atoms with Gasteiger partial charge in [0.15, 0.2) is 0 Å². The third-order valence-corrected chi connectivity index (χ3v) is 3.63. The zero-order chi connectivity index (χ0) is 13.9. The first-order chi connectivity index (χ1) is 9.72. The summed E-state index contributed by atoms with van der Waals surface area (Å²) in [6.45, 7) is 0. The first-order valence-electron chi connectivity index (χ1n) is 6.15. The maximum absolute atomic E-state index is 12.1. The average molecular weight is 283 g/mol. The van der Waals surface area contributed by atoms with Crippen molar-refractivity contribution in [2.24, 2.45) is 7.05 Å². The van der Waals surface area contributed by atoms with Crippen molar-refractivity contribution in [3.05, 3.63) is 59.0 Å².